The number of aromatic carboxylic acids is 1. The van der Waals surface area contributed by atoms with E-state index in [4.69, 9.17) is 10.8 Å². The Morgan fingerprint density at radius 3 is 2.69 bits per heavy atom. The summed E-state index contributed by atoms with van der Waals surface area (Å²) < 4.78 is 1.18. The molecule has 2 aromatic rings. The molecule has 0 saturated carbocycles. The van der Waals surface area contributed by atoms with Gasteiger partial charge in [0.05, 0.1) is 11.3 Å². The highest BCUT2D eigenvalue weighted by atomic mass is 16.4. The van der Waals surface area contributed by atoms with E-state index in [2.05, 4.69) is 5.10 Å². The van der Waals surface area contributed by atoms with Crippen LogP contribution in [0.4, 0.5) is 5.82 Å². The fourth-order valence-corrected chi connectivity index (χ4v) is 1.38. The van der Waals surface area contributed by atoms with Crippen LogP contribution in [0.2, 0.25) is 0 Å². The van der Waals surface area contributed by atoms with E-state index >= 15 is 0 Å². The standard InChI is InChI=1S/C10H9N3O3/c11-8-5-9(14)13(12-8)7-3-1-2-6(4-7)10(15)16/h1-5,12H,11H2,(H,15,16). The van der Waals surface area contributed by atoms with Crippen molar-refractivity contribution in [3.8, 4) is 5.69 Å². The van der Waals surface area contributed by atoms with Crippen molar-refractivity contribution < 1.29 is 9.90 Å². The summed E-state index contributed by atoms with van der Waals surface area (Å²) in [5, 5.41) is 11.4. The highest BCUT2D eigenvalue weighted by Gasteiger charge is 2.06. The van der Waals surface area contributed by atoms with Crippen LogP contribution in [0.1, 0.15) is 10.4 Å². The van der Waals surface area contributed by atoms with Gasteiger partial charge in [-0.05, 0) is 18.2 Å². The number of benzene rings is 1. The number of H-pyrrole nitrogens is 1. The predicted octanol–water partition coefficient (Wildman–Crippen LogP) is 0.446. The zero-order valence-electron chi connectivity index (χ0n) is 8.18. The number of rotatable bonds is 2. The van der Waals surface area contributed by atoms with Crippen LogP contribution in [0, 0.1) is 0 Å². The Bertz CT molecular complexity index is 597. The Morgan fingerprint density at radius 2 is 2.12 bits per heavy atom. The molecule has 4 N–H and O–H groups in total. The van der Waals surface area contributed by atoms with Gasteiger partial charge < -0.3 is 10.8 Å². The molecule has 6 heteroatoms. The van der Waals surface area contributed by atoms with E-state index in [0.717, 1.165) is 0 Å². The maximum Gasteiger partial charge on any atom is 0.335 e. The Morgan fingerprint density at radius 1 is 1.38 bits per heavy atom. The number of hydrogen-bond acceptors (Lipinski definition) is 3. The van der Waals surface area contributed by atoms with Gasteiger partial charge in [0.2, 0.25) is 0 Å². The fraction of sp³-hybridized carbons (Fsp3) is 0. The molecular formula is C10H9N3O3. The molecule has 0 fully saturated rings. The minimum atomic E-state index is -1.05. The van der Waals surface area contributed by atoms with E-state index in [1.165, 1.54) is 22.9 Å². The number of aromatic nitrogens is 2. The predicted molar refractivity (Wildman–Crippen MR) is 57.8 cm³/mol. The van der Waals surface area contributed by atoms with Crippen LogP contribution in [0.5, 0.6) is 0 Å². The third-order valence-corrected chi connectivity index (χ3v) is 2.09. The third-order valence-electron chi connectivity index (χ3n) is 2.09. The van der Waals surface area contributed by atoms with Crippen LogP contribution >= 0.6 is 0 Å². The van der Waals surface area contributed by atoms with Crippen molar-refractivity contribution in [1.82, 2.24) is 9.78 Å². The Hall–Kier alpha value is -2.50. The van der Waals surface area contributed by atoms with Gasteiger partial charge in [0, 0.05) is 6.07 Å². The number of carbonyl (C=O) groups is 1. The molecule has 82 valence electrons. The topological polar surface area (TPSA) is 101 Å². The maximum atomic E-state index is 11.4. The van der Waals surface area contributed by atoms with E-state index in [-0.39, 0.29) is 16.9 Å². The summed E-state index contributed by atoms with van der Waals surface area (Å²) in [5.41, 5.74) is 5.63. The molecular weight excluding hydrogens is 210 g/mol. The number of anilines is 1. The molecule has 6 nitrogen and oxygen atoms in total. The number of nitrogens with one attached hydrogen (secondary N) is 1. The Kier molecular flexibility index (Phi) is 2.24. The molecule has 16 heavy (non-hydrogen) atoms. The number of carboxylic acid groups (broad SMARTS) is 1. The highest BCUT2D eigenvalue weighted by Crippen LogP contribution is 2.08. The SMILES string of the molecule is Nc1cc(=O)n(-c2cccc(C(=O)O)c2)[nH]1. The van der Waals surface area contributed by atoms with Crippen LogP contribution in [0.15, 0.2) is 35.1 Å². The number of aromatic amines is 1. The molecule has 0 radical (unpaired) electrons. The summed E-state index contributed by atoms with van der Waals surface area (Å²) in [7, 11) is 0. The molecule has 0 aliphatic carbocycles. The molecule has 2 rings (SSSR count). The van der Waals surface area contributed by atoms with Crippen molar-refractivity contribution in [1.29, 1.82) is 0 Å². The summed E-state index contributed by atoms with van der Waals surface area (Å²) in [6, 6.07) is 7.24. The molecule has 0 aliphatic heterocycles. The largest absolute Gasteiger partial charge is 0.478 e. The lowest BCUT2D eigenvalue weighted by molar-refractivity contribution is 0.0697. The van der Waals surface area contributed by atoms with E-state index in [0.29, 0.717) is 5.69 Å². The fourth-order valence-electron chi connectivity index (χ4n) is 1.38. The molecule has 0 unspecified atom stereocenters. The van der Waals surface area contributed by atoms with Gasteiger partial charge in [-0.25, -0.2) is 9.48 Å². The minimum Gasteiger partial charge on any atom is -0.478 e. The normalized spacial score (nSPS) is 10.2. The number of hydrogen-bond donors (Lipinski definition) is 3. The molecule has 0 atom stereocenters. The third kappa shape index (κ3) is 1.68. The van der Waals surface area contributed by atoms with Crippen LogP contribution in [0.3, 0.4) is 0 Å². The molecule has 0 amide bonds. The number of nitrogens with zero attached hydrogens (tertiary/aromatic N) is 1. The summed E-state index contributed by atoms with van der Waals surface area (Å²) >= 11 is 0. The lowest BCUT2D eigenvalue weighted by atomic mass is 10.2. The van der Waals surface area contributed by atoms with Gasteiger partial charge in [0.25, 0.3) is 5.56 Å². The summed E-state index contributed by atoms with van der Waals surface area (Å²) in [5.74, 6) is -0.819. The van der Waals surface area contributed by atoms with Gasteiger partial charge in [-0.1, -0.05) is 6.07 Å². The summed E-state index contributed by atoms with van der Waals surface area (Å²) in [6.07, 6.45) is 0. The second-order valence-electron chi connectivity index (χ2n) is 3.24. The van der Waals surface area contributed by atoms with Gasteiger partial charge >= 0.3 is 5.97 Å². The highest BCUT2D eigenvalue weighted by molar-refractivity contribution is 5.88. The average molecular weight is 219 g/mol. The quantitative estimate of drug-likeness (QED) is 0.682. The average Bonchev–Trinajstić information content (AvgIpc) is 2.58. The van der Waals surface area contributed by atoms with E-state index in [1.807, 2.05) is 0 Å². The molecule has 1 aromatic carbocycles. The first kappa shape index (κ1) is 10.0. The first-order valence-electron chi connectivity index (χ1n) is 4.49. The van der Waals surface area contributed by atoms with Gasteiger partial charge in [-0.3, -0.25) is 9.89 Å². The monoisotopic (exact) mass is 219 g/mol. The zero-order chi connectivity index (χ0) is 11.7. The lowest BCUT2D eigenvalue weighted by Crippen LogP contribution is -2.14. The van der Waals surface area contributed by atoms with Crippen molar-refractivity contribution in [3.63, 3.8) is 0 Å². The number of nitrogens with two attached hydrogens (primary N) is 1. The lowest BCUT2D eigenvalue weighted by Gasteiger charge is -2.02. The smallest absolute Gasteiger partial charge is 0.335 e. The van der Waals surface area contributed by atoms with Gasteiger partial charge in [0.15, 0.2) is 0 Å². The Labute approximate surface area is 89.9 Å². The van der Waals surface area contributed by atoms with Crippen LogP contribution in [-0.2, 0) is 0 Å². The molecule has 1 aromatic heterocycles. The van der Waals surface area contributed by atoms with Crippen molar-refractivity contribution in [2.45, 2.75) is 0 Å². The molecule has 0 bridgehead atoms. The zero-order valence-corrected chi connectivity index (χ0v) is 8.18. The van der Waals surface area contributed by atoms with Gasteiger partial charge in [-0.2, -0.15) is 0 Å². The van der Waals surface area contributed by atoms with E-state index in [9.17, 15) is 9.59 Å². The Balaban J connectivity index is 2.56. The van der Waals surface area contributed by atoms with Gasteiger partial charge in [-0.15, -0.1) is 0 Å². The van der Waals surface area contributed by atoms with Crippen molar-refractivity contribution in [2.24, 2.45) is 0 Å². The number of nitrogen functional groups attached to an aromatic ring is 1. The van der Waals surface area contributed by atoms with Gasteiger partial charge in [0.1, 0.15) is 5.82 Å². The molecule has 1 heterocycles. The van der Waals surface area contributed by atoms with E-state index < -0.39 is 5.97 Å². The van der Waals surface area contributed by atoms with Crippen LogP contribution < -0.4 is 11.3 Å². The number of carboxylic acids is 1. The first-order chi connectivity index (χ1) is 7.58. The molecule has 0 spiro atoms. The minimum absolute atomic E-state index is 0.109. The van der Waals surface area contributed by atoms with Crippen molar-refractivity contribution in [2.75, 3.05) is 5.73 Å². The van der Waals surface area contributed by atoms with Crippen molar-refractivity contribution >= 4 is 11.8 Å². The first-order valence-corrected chi connectivity index (χ1v) is 4.49. The second kappa shape index (κ2) is 3.58. The van der Waals surface area contributed by atoms with Crippen LogP contribution in [-0.4, -0.2) is 20.9 Å². The maximum absolute atomic E-state index is 11.4. The molecule has 0 saturated heterocycles. The van der Waals surface area contributed by atoms with E-state index in [1.54, 1.807) is 12.1 Å². The van der Waals surface area contributed by atoms with Crippen molar-refractivity contribution in [3.05, 3.63) is 46.2 Å². The van der Waals surface area contributed by atoms with Crippen LogP contribution in [0.25, 0.3) is 5.69 Å². The second-order valence-corrected chi connectivity index (χ2v) is 3.24. The summed E-state index contributed by atoms with van der Waals surface area (Å²) in [6.45, 7) is 0. The molecule has 0 aliphatic rings. The summed E-state index contributed by atoms with van der Waals surface area (Å²) in [4.78, 5) is 22.2.